The second-order valence-electron chi connectivity index (χ2n) is 9.38. The Hall–Kier alpha value is -4.26. The Kier molecular flexibility index (Phi) is 6.26. The first kappa shape index (κ1) is 23.2. The molecular formula is C30H28FN5O. The van der Waals surface area contributed by atoms with Gasteiger partial charge in [0.15, 0.2) is 0 Å². The summed E-state index contributed by atoms with van der Waals surface area (Å²) in [6, 6.07) is 22.8. The molecule has 6 rings (SSSR count). The second kappa shape index (κ2) is 10.0. The van der Waals surface area contributed by atoms with E-state index in [1.165, 1.54) is 31.4 Å². The first-order chi connectivity index (χ1) is 18.2. The number of nitrogens with one attached hydrogen (secondary N) is 1. The van der Waals surface area contributed by atoms with Crippen LogP contribution in [-0.2, 0) is 0 Å². The van der Waals surface area contributed by atoms with E-state index in [1.807, 2.05) is 42.5 Å². The van der Waals surface area contributed by atoms with Crippen LogP contribution in [0.3, 0.4) is 0 Å². The molecule has 2 aromatic carbocycles. The van der Waals surface area contributed by atoms with E-state index in [0.717, 1.165) is 57.7 Å². The lowest BCUT2D eigenvalue weighted by atomic mass is 9.96. The number of methoxy groups -OCH3 is 1. The maximum absolute atomic E-state index is 13.8. The van der Waals surface area contributed by atoms with Gasteiger partial charge in [0.05, 0.1) is 46.6 Å². The molecule has 37 heavy (non-hydrogen) atoms. The summed E-state index contributed by atoms with van der Waals surface area (Å²) in [7, 11) is 1.61. The fourth-order valence-corrected chi connectivity index (χ4v) is 5.12. The zero-order chi connectivity index (χ0) is 25.2. The summed E-state index contributed by atoms with van der Waals surface area (Å²) in [5.41, 5.74) is 5.97. The molecular weight excluding hydrogens is 465 g/mol. The Morgan fingerprint density at radius 3 is 2.57 bits per heavy atom. The van der Waals surface area contributed by atoms with Crippen LogP contribution < -0.4 is 15.4 Å². The third-order valence-corrected chi connectivity index (χ3v) is 6.91. The van der Waals surface area contributed by atoms with E-state index >= 15 is 0 Å². The average molecular weight is 494 g/mol. The number of nitrogens with zero attached hydrogens (tertiary/aromatic N) is 4. The molecule has 186 valence electrons. The minimum absolute atomic E-state index is 0.267. The van der Waals surface area contributed by atoms with Gasteiger partial charge in [-0.15, -0.1) is 0 Å². The standard InChI is InChI=1S/C30H28FN5O/c1-37-30-24(11-7-17-32-30)35-25-18-27-29(19-26(25)33-21-8-3-2-4-9-21)36(22-15-13-20(31)14-16-22)28-12-6-5-10-23(28)34-27/h5-7,10-19,21,35H,2-4,8-9H2,1H3/b33-26+. The van der Waals surface area contributed by atoms with E-state index in [-0.39, 0.29) is 11.9 Å². The zero-order valence-corrected chi connectivity index (χ0v) is 20.7. The van der Waals surface area contributed by atoms with E-state index in [0.29, 0.717) is 5.88 Å². The fourth-order valence-electron chi connectivity index (χ4n) is 5.12. The third kappa shape index (κ3) is 4.65. The van der Waals surface area contributed by atoms with Crippen LogP contribution in [0.4, 0.5) is 15.8 Å². The number of rotatable bonds is 5. The third-order valence-electron chi connectivity index (χ3n) is 6.91. The van der Waals surface area contributed by atoms with Crippen LogP contribution in [0.15, 0.2) is 84.0 Å². The van der Waals surface area contributed by atoms with Crippen LogP contribution >= 0.6 is 0 Å². The first-order valence-corrected chi connectivity index (χ1v) is 12.7. The quantitative estimate of drug-likeness (QED) is 0.279. The molecule has 0 atom stereocenters. The predicted octanol–water partition coefficient (Wildman–Crippen LogP) is 6.65. The highest BCUT2D eigenvalue weighted by Gasteiger charge is 2.19. The van der Waals surface area contributed by atoms with E-state index < -0.39 is 0 Å². The molecule has 0 unspecified atom stereocenters. The minimum Gasteiger partial charge on any atom is -0.480 e. The van der Waals surface area contributed by atoms with Crippen LogP contribution in [0, 0.1) is 5.82 Å². The number of anilines is 2. The van der Waals surface area contributed by atoms with Crippen LogP contribution in [0.1, 0.15) is 32.1 Å². The summed E-state index contributed by atoms with van der Waals surface area (Å²) in [5.74, 6) is 0.246. The summed E-state index contributed by atoms with van der Waals surface area (Å²) >= 11 is 0. The monoisotopic (exact) mass is 493 g/mol. The maximum Gasteiger partial charge on any atom is 0.237 e. The molecule has 7 heteroatoms. The van der Waals surface area contributed by atoms with Crippen molar-refractivity contribution < 1.29 is 9.13 Å². The topological polar surface area (TPSA) is 64.3 Å². The molecule has 1 saturated carbocycles. The van der Waals surface area contributed by atoms with E-state index in [9.17, 15) is 4.39 Å². The molecule has 0 bridgehead atoms. The number of halogens is 1. The van der Waals surface area contributed by atoms with E-state index in [1.54, 1.807) is 25.4 Å². The summed E-state index contributed by atoms with van der Waals surface area (Å²) in [6.45, 7) is 0. The van der Waals surface area contributed by atoms with Crippen molar-refractivity contribution in [3.63, 3.8) is 0 Å². The van der Waals surface area contributed by atoms with Crippen LogP contribution in [0.2, 0.25) is 0 Å². The van der Waals surface area contributed by atoms with Gasteiger partial charge < -0.3 is 14.6 Å². The van der Waals surface area contributed by atoms with Gasteiger partial charge in [-0.05, 0) is 73.5 Å². The zero-order valence-electron chi connectivity index (χ0n) is 20.7. The second-order valence-corrected chi connectivity index (χ2v) is 9.38. The smallest absolute Gasteiger partial charge is 0.237 e. The highest BCUT2D eigenvalue weighted by molar-refractivity contribution is 5.84. The van der Waals surface area contributed by atoms with Crippen molar-refractivity contribution in [3.8, 4) is 23.0 Å². The SMILES string of the molecule is COc1ncccc1Nc1cc2nc3ccccc3n(-c3ccc(F)cc3)c-2c/c1=N\C1CCCCC1. The molecule has 2 heterocycles. The van der Waals surface area contributed by atoms with Crippen molar-refractivity contribution in [2.24, 2.45) is 4.99 Å². The Bertz CT molecular complexity index is 1590. The number of fused-ring (bicyclic) bond motifs is 2. The van der Waals surface area contributed by atoms with Crippen molar-refractivity contribution in [2.75, 3.05) is 12.4 Å². The summed E-state index contributed by atoms with van der Waals surface area (Å²) in [4.78, 5) is 14.6. The molecule has 1 aliphatic heterocycles. The molecule has 0 amide bonds. The molecule has 2 aliphatic carbocycles. The summed E-state index contributed by atoms with van der Waals surface area (Å²) < 4.78 is 21.4. The van der Waals surface area contributed by atoms with Gasteiger partial charge >= 0.3 is 0 Å². The normalized spacial score (nSPS) is 14.8. The molecule has 1 aromatic heterocycles. The lowest BCUT2D eigenvalue weighted by Gasteiger charge is -2.22. The highest BCUT2D eigenvalue weighted by atomic mass is 19.1. The molecule has 0 saturated heterocycles. The molecule has 1 fully saturated rings. The Morgan fingerprint density at radius 2 is 1.76 bits per heavy atom. The maximum atomic E-state index is 13.8. The highest BCUT2D eigenvalue weighted by Crippen LogP contribution is 2.32. The number of aromatic nitrogens is 3. The van der Waals surface area contributed by atoms with Crippen molar-refractivity contribution in [3.05, 3.63) is 90.2 Å². The predicted molar refractivity (Wildman–Crippen MR) is 144 cm³/mol. The molecule has 3 aliphatic rings. The summed E-state index contributed by atoms with van der Waals surface area (Å²) in [5, 5.41) is 4.37. The Labute approximate surface area is 214 Å². The molecule has 0 spiro atoms. The van der Waals surface area contributed by atoms with Gasteiger partial charge in [0.1, 0.15) is 11.5 Å². The minimum atomic E-state index is -0.267. The molecule has 6 nitrogen and oxygen atoms in total. The van der Waals surface area contributed by atoms with E-state index in [2.05, 4.69) is 20.9 Å². The van der Waals surface area contributed by atoms with Crippen LogP contribution in [-0.4, -0.2) is 27.7 Å². The Morgan fingerprint density at radius 1 is 0.946 bits per heavy atom. The lowest BCUT2D eigenvalue weighted by Crippen LogP contribution is -2.19. The number of hydrogen-bond acceptors (Lipinski definition) is 5. The van der Waals surface area contributed by atoms with Gasteiger partial charge in [0.25, 0.3) is 0 Å². The molecule has 0 radical (unpaired) electrons. The van der Waals surface area contributed by atoms with Crippen molar-refractivity contribution in [1.82, 2.24) is 14.5 Å². The van der Waals surface area contributed by atoms with Gasteiger partial charge in [-0.25, -0.2) is 14.4 Å². The molecule has 1 N–H and O–H groups in total. The lowest BCUT2D eigenvalue weighted by molar-refractivity contribution is 0.400. The number of para-hydroxylation sites is 2. The van der Waals surface area contributed by atoms with Gasteiger partial charge in [-0.3, -0.25) is 4.99 Å². The van der Waals surface area contributed by atoms with Crippen molar-refractivity contribution in [1.29, 1.82) is 0 Å². The van der Waals surface area contributed by atoms with Crippen molar-refractivity contribution in [2.45, 2.75) is 38.1 Å². The number of hydrogen-bond donors (Lipinski definition) is 1. The van der Waals surface area contributed by atoms with Crippen LogP contribution in [0.25, 0.3) is 28.1 Å². The van der Waals surface area contributed by atoms with E-state index in [4.69, 9.17) is 14.7 Å². The van der Waals surface area contributed by atoms with Gasteiger partial charge in [-0.1, -0.05) is 31.4 Å². The Balaban J connectivity index is 1.62. The number of ether oxygens (including phenoxy) is 1. The van der Waals surface area contributed by atoms with Gasteiger partial charge in [-0.2, -0.15) is 0 Å². The average Bonchev–Trinajstić information content (AvgIpc) is 2.94. The summed E-state index contributed by atoms with van der Waals surface area (Å²) in [6.07, 6.45) is 7.54. The van der Waals surface area contributed by atoms with Crippen LogP contribution in [0.5, 0.6) is 5.88 Å². The van der Waals surface area contributed by atoms with Gasteiger partial charge in [0.2, 0.25) is 5.88 Å². The number of benzene rings is 3. The van der Waals surface area contributed by atoms with Gasteiger partial charge in [0, 0.05) is 11.9 Å². The number of pyridine rings is 1. The first-order valence-electron chi connectivity index (χ1n) is 12.7. The molecule has 3 aromatic rings. The fraction of sp³-hybridized carbons (Fsp3) is 0.233. The largest absolute Gasteiger partial charge is 0.480 e. The van der Waals surface area contributed by atoms with Crippen molar-refractivity contribution >= 4 is 22.4 Å².